The number of aromatic nitrogens is 2. The summed E-state index contributed by atoms with van der Waals surface area (Å²) in [6.07, 6.45) is 0. The minimum absolute atomic E-state index is 0.144. The number of hydrogen-bond acceptors (Lipinski definition) is 5. The van der Waals surface area contributed by atoms with E-state index < -0.39 is 11.9 Å². The topological polar surface area (TPSA) is 90.3 Å². The summed E-state index contributed by atoms with van der Waals surface area (Å²) in [5, 5.41) is 8.06. The van der Waals surface area contributed by atoms with Crippen molar-refractivity contribution in [1.29, 1.82) is 0 Å². The summed E-state index contributed by atoms with van der Waals surface area (Å²) in [6.45, 7) is 2.27. The van der Waals surface area contributed by atoms with E-state index in [2.05, 4.69) is 10.4 Å². The average molecular weight is 427 g/mol. The Labute approximate surface area is 184 Å². The Morgan fingerprint density at radius 1 is 0.906 bits per heavy atom. The minimum atomic E-state index is -0.452. The van der Waals surface area contributed by atoms with E-state index in [-0.39, 0.29) is 24.4 Å². The fourth-order valence-electron chi connectivity index (χ4n) is 3.36. The van der Waals surface area contributed by atoms with Gasteiger partial charge in [0.1, 0.15) is 0 Å². The summed E-state index contributed by atoms with van der Waals surface area (Å²) >= 11 is 0. The predicted octanol–water partition coefficient (Wildman–Crippen LogP) is 3.87. The molecule has 0 saturated heterocycles. The maximum atomic E-state index is 13.1. The third-order valence-electron chi connectivity index (χ3n) is 4.91. The van der Waals surface area contributed by atoms with Gasteiger partial charge < -0.3 is 10.1 Å². The van der Waals surface area contributed by atoms with Gasteiger partial charge in [-0.2, -0.15) is 5.10 Å². The molecule has 0 bridgehead atoms. The van der Waals surface area contributed by atoms with Gasteiger partial charge in [-0.15, -0.1) is 0 Å². The SMILES string of the molecule is CCOC(=O)c1ccc(NC(=O)c2nn(Cc3ccccc3)c(=O)c3ccccc23)cc1. The van der Waals surface area contributed by atoms with Crippen LogP contribution in [0.5, 0.6) is 0 Å². The number of anilines is 1. The van der Waals surface area contributed by atoms with Gasteiger partial charge in [-0.3, -0.25) is 9.59 Å². The number of carbonyl (C=O) groups is 2. The molecule has 7 heteroatoms. The molecule has 0 fully saturated rings. The summed E-state index contributed by atoms with van der Waals surface area (Å²) in [6, 6.07) is 22.8. The van der Waals surface area contributed by atoms with Crippen molar-refractivity contribution >= 4 is 28.3 Å². The summed E-state index contributed by atoms with van der Waals surface area (Å²) in [5.41, 5.74) is 1.67. The summed E-state index contributed by atoms with van der Waals surface area (Å²) in [7, 11) is 0. The largest absolute Gasteiger partial charge is 0.462 e. The van der Waals surface area contributed by atoms with E-state index in [0.717, 1.165) is 5.56 Å². The van der Waals surface area contributed by atoms with E-state index in [1.165, 1.54) is 4.68 Å². The first-order valence-corrected chi connectivity index (χ1v) is 10.2. The number of carbonyl (C=O) groups excluding carboxylic acids is 2. The molecule has 0 saturated carbocycles. The Balaban J connectivity index is 1.67. The molecule has 32 heavy (non-hydrogen) atoms. The minimum Gasteiger partial charge on any atom is -0.462 e. The molecular weight excluding hydrogens is 406 g/mol. The summed E-state index contributed by atoms with van der Waals surface area (Å²) in [4.78, 5) is 37.8. The van der Waals surface area contributed by atoms with Crippen LogP contribution < -0.4 is 10.9 Å². The maximum Gasteiger partial charge on any atom is 0.338 e. The van der Waals surface area contributed by atoms with Crippen molar-refractivity contribution in [3.63, 3.8) is 0 Å². The quantitative estimate of drug-likeness (QED) is 0.472. The fourth-order valence-corrected chi connectivity index (χ4v) is 3.36. The molecule has 1 heterocycles. The molecule has 160 valence electrons. The smallest absolute Gasteiger partial charge is 0.338 e. The number of ether oxygens (including phenoxy) is 1. The van der Waals surface area contributed by atoms with E-state index in [0.29, 0.717) is 22.0 Å². The molecule has 7 nitrogen and oxygen atoms in total. The van der Waals surface area contributed by atoms with Gasteiger partial charge in [-0.1, -0.05) is 48.5 Å². The van der Waals surface area contributed by atoms with Gasteiger partial charge in [0.25, 0.3) is 11.5 Å². The second-order valence-electron chi connectivity index (χ2n) is 7.09. The van der Waals surface area contributed by atoms with Crippen LogP contribution in [-0.4, -0.2) is 28.3 Å². The van der Waals surface area contributed by atoms with Crippen molar-refractivity contribution in [1.82, 2.24) is 9.78 Å². The third kappa shape index (κ3) is 4.41. The maximum absolute atomic E-state index is 13.1. The Morgan fingerprint density at radius 3 is 2.25 bits per heavy atom. The van der Waals surface area contributed by atoms with Crippen LogP contribution in [0.15, 0.2) is 83.7 Å². The standard InChI is InChI=1S/C25H21N3O4/c1-2-32-25(31)18-12-14-19(15-13-18)26-23(29)22-20-10-6-7-11-21(20)24(30)28(27-22)16-17-8-4-3-5-9-17/h3-15H,2,16H2,1H3,(H,26,29). The molecule has 0 radical (unpaired) electrons. The molecule has 4 aromatic rings. The number of rotatable bonds is 6. The van der Waals surface area contributed by atoms with Gasteiger partial charge in [0.15, 0.2) is 5.69 Å². The van der Waals surface area contributed by atoms with Gasteiger partial charge in [0.05, 0.1) is 24.1 Å². The lowest BCUT2D eigenvalue weighted by Gasteiger charge is -2.12. The Hall–Kier alpha value is -4.26. The van der Waals surface area contributed by atoms with Gasteiger partial charge >= 0.3 is 5.97 Å². The van der Waals surface area contributed by atoms with Gasteiger partial charge in [-0.25, -0.2) is 9.48 Å². The van der Waals surface area contributed by atoms with Crippen molar-refractivity contribution in [3.8, 4) is 0 Å². The molecule has 0 atom stereocenters. The lowest BCUT2D eigenvalue weighted by Crippen LogP contribution is -2.28. The van der Waals surface area contributed by atoms with E-state index in [9.17, 15) is 14.4 Å². The fraction of sp³-hybridized carbons (Fsp3) is 0.120. The second-order valence-corrected chi connectivity index (χ2v) is 7.09. The summed E-state index contributed by atoms with van der Waals surface area (Å²) in [5.74, 6) is -0.877. The van der Waals surface area contributed by atoms with E-state index >= 15 is 0 Å². The number of fused-ring (bicyclic) bond motifs is 1. The zero-order valence-corrected chi connectivity index (χ0v) is 17.4. The first kappa shape index (κ1) is 21.0. The highest BCUT2D eigenvalue weighted by Gasteiger charge is 2.17. The third-order valence-corrected chi connectivity index (χ3v) is 4.91. The highest BCUT2D eigenvalue weighted by molar-refractivity contribution is 6.11. The zero-order valence-electron chi connectivity index (χ0n) is 17.4. The van der Waals surface area contributed by atoms with Crippen LogP contribution in [0.2, 0.25) is 0 Å². The summed E-state index contributed by atoms with van der Waals surface area (Å²) < 4.78 is 6.27. The molecule has 0 aliphatic rings. The molecule has 0 unspecified atom stereocenters. The van der Waals surface area contributed by atoms with Gasteiger partial charge in [-0.05, 0) is 42.8 Å². The average Bonchev–Trinajstić information content (AvgIpc) is 2.82. The zero-order chi connectivity index (χ0) is 22.5. The second kappa shape index (κ2) is 9.26. The highest BCUT2D eigenvalue weighted by atomic mass is 16.5. The molecule has 0 spiro atoms. The molecule has 4 rings (SSSR count). The first-order valence-electron chi connectivity index (χ1n) is 10.2. The Kier molecular flexibility index (Phi) is 6.07. The number of nitrogens with zero attached hydrogens (tertiary/aromatic N) is 2. The normalized spacial score (nSPS) is 10.7. The number of esters is 1. The Morgan fingerprint density at radius 2 is 1.56 bits per heavy atom. The van der Waals surface area contributed by atoms with Crippen molar-refractivity contribution in [2.24, 2.45) is 0 Å². The molecule has 0 aliphatic carbocycles. The lowest BCUT2D eigenvalue weighted by atomic mass is 10.1. The molecule has 3 aromatic carbocycles. The van der Waals surface area contributed by atoms with E-state index in [1.807, 2.05) is 30.3 Å². The van der Waals surface area contributed by atoms with Gasteiger partial charge in [0, 0.05) is 11.1 Å². The lowest BCUT2D eigenvalue weighted by molar-refractivity contribution is 0.0526. The van der Waals surface area contributed by atoms with Crippen molar-refractivity contribution in [2.75, 3.05) is 11.9 Å². The molecule has 1 N–H and O–H groups in total. The van der Waals surface area contributed by atoms with Gasteiger partial charge in [0.2, 0.25) is 0 Å². The van der Waals surface area contributed by atoms with Crippen molar-refractivity contribution < 1.29 is 14.3 Å². The first-order chi connectivity index (χ1) is 15.6. The van der Waals surface area contributed by atoms with E-state index in [1.54, 1.807) is 55.5 Å². The van der Waals surface area contributed by atoms with Crippen LogP contribution in [-0.2, 0) is 11.3 Å². The molecule has 1 aromatic heterocycles. The van der Waals surface area contributed by atoms with Crippen LogP contribution >= 0.6 is 0 Å². The van der Waals surface area contributed by atoms with Crippen LogP contribution in [0.1, 0.15) is 33.3 Å². The number of benzene rings is 3. The number of amides is 1. The molecule has 0 aliphatic heterocycles. The molecule has 1 amide bonds. The molecular formula is C25H21N3O4. The number of hydrogen-bond donors (Lipinski definition) is 1. The van der Waals surface area contributed by atoms with Crippen molar-refractivity contribution in [2.45, 2.75) is 13.5 Å². The highest BCUT2D eigenvalue weighted by Crippen LogP contribution is 2.17. The monoisotopic (exact) mass is 427 g/mol. The van der Waals surface area contributed by atoms with Crippen LogP contribution in [0.4, 0.5) is 5.69 Å². The van der Waals surface area contributed by atoms with Crippen LogP contribution in [0.3, 0.4) is 0 Å². The van der Waals surface area contributed by atoms with Crippen LogP contribution in [0.25, 0.3) is 10.8 Å². The predicted molar refractivity (Wildman–Crippen MR) is 122 cm³/mol. The van der Waals surface area contributed by atoms with E-state index in [4.69, 9.17) is 4.74 Å². The number of nitrogens with one attached hydrogen (secondary N) is 1. The van der Waals surface area contributed by atoms with Crippen LogP contribution in [0, 0.1) is 0 Å². The van der Waals surface area contributed by atoms with Crippen molar-refractivity contribution in [3.05, 3.63) is 106 Å². The Bertz CT molecular complexity index is 1330.